The van der Waals surface area contributed by atoms with E-state index in [1.165, 1.54) is 18.1 Å². The van der Waals surface area contributed by atoms with Gasteiger partial charge in [-0.25, -0.2) is 0 Å². The van der Waals surface area contributed by atoms with Crippen molar-refractivity contribution in [2.75, 3.05) is 0 Å². The SMILES string of the molecule is CC(=O)O[C@H]1CCC(C)=C1C. The van der Waals surface area contributed by atoms with Gasteiger partial charge in [-0.15, -0.1) is 0 Å². The predicted octanol–water partition coefficient (Wildman–Crippen LogP) is 2.05. The second-order valence-corrected chi connectivity index (χ2v) is 3.10. The van der Waals surface area contributed by atoms with Crippen molar-refractivity contribution in [3.05, 3.63) is 11.1 Å². The minimum absolute atomic E-state index is 0.0625. The highest BCUT2D eigenvalue weighted by atomic mass is 16.5. The maximum absolute atomic E-state index is 10.6. The molecule has 0 heterocycles. The van der Waals surface area contributed by atoms with Gasteiger partial charge in [0.25, 0.3) is 0 Å². The first kappa shape index (κ1) is 8.31. The summed E-state index contributed by atoms with van der Waals surface area (Å²) in [5, 5.41) is 0. The molecular weight excluding hydrogens is 140 g/mol. The van der Waals surface area contributed by atoms with Crippen LogP contribution in [0.25, 0.3) is 0 Å². The van der Waals surface area contributed by atoms with Crippen molar-refractivity contribution in [2.45, 2.75) is 39.7 Å². The number of rotatable bonds is 1. The van der Waals surface area contributed by atoms with Crippen LogP contribution >= 0.6 is 0 Å². The van der Waals surface area contributed by atoms with Crippen LogP contribution in [0.1, 0.15) is 33.6 Å². The van der Waals surface area contributed by atoms with Crippen LogP contribution in [0.2, 0.25) is 0 Å². The molecule has 2 heteroatoms. The Balaban J connectivity index is 2.57. The van der Waals surface area contributed by atoms with Crippen molar-refractivity contribution < 1.29 is 9.53 Å². The van der Waals surface area contributed by atoms with E-state index >= 15 is 0 Å². The van der Waals surface area contributed by atoms with E-state index in [1.54, 1.807) is 0 Å². The maximum atomic E-state index is 10.6. The number of hydrogen-bond donors (Lipinski definition) is 0. The van der Waals surface area contributed by atoms with Gasteiger partial charge in [0.1, 0.15) is 6.10 Å². The van der Waals surface area contributed by atoms with E-state index in [9.17, 15) is 4.79 Å². The third-order valence-corrected chi connectivity index (χ3v) is 2.25. The summed E-state index contributed by atoms with van der Waals surface area (Å²) in [6, 6.07) is 0. The molecule has 0 saturated heterocycles. The Labute approximate surface area is 67.2 Å². The number of ether oxygens (including phenoxy) is 1. The lowest BCUT2D eigenvalue weighted by atomic mass is 10.2. The first-order valence-electron chi connectivity index (χ1n) is 3.94. The van der Waals surface area contributed by atoms with Crippen LogP contribution in [0.5, 0.6) is 0 Å². The third kappa shape index (κ3) is 1.82. The van der Waals surface area contributed by atoms with Gasteiger partial charge in [0.15, 0.2) is 0 Å². The number of carbonyl (C=O) groups excluding carboxylic acids is 1. The van der Waals surface area contributed by atoms with Crippen LogP contribution < -0.4 is 0 Å². The average molecular weight is 154 g/mol. The first-order valence-corrected chi connectivity index (χ1v) is 3.94. The third-order valence-electron chi connectivity index (χ3n) is 2.25. The predicted molar refractivity (Wildman–Crippen MR) is 43.2 cm³/mol. The summed E-state index contributed by atoms with van der Waals surface area (Å²) in [7, 11) is 0. The van der Waals surface area contributed by atoms with Crippen LogP contribution in [0, 0.1) is 0 Å². The van der Waals surface area contributed by atoms with E-state index in [2.05, 4.69) is 6.92 Å². The molecule has 62 valence electrons. The van der Waals surface area contributed by atoms with Crippen molar-refractivity contribution in [1.29, 1.82) is 0 Å². The molecule has 0 spiro atoms. The Hall–Kier alpha value is -0.790. The van der Waals surface area contributed by atoms with E-state index in [1.807, 2.05) is 6.92 Å². The fourth-order valence-corrected chi connectivity index (χ4v) is 1.38. The minimum atomic E-state index is -0.177. The molecule has 0 unspecified atom stereocenters. The molecule has 1 aliphatic rings. The molecule has 11 heavy (non-hydrogen) atoms. The van der Waals surface area contributed by atoms with Crippen molar-refractivity contribution in [3.8, 4) is 0 Å². The quantitative estimate of drug-likeness (QED) is 0.427. The number of allylic oxidation sites excluding steroid dienone is 1. The van der Waals surface area contributed by atoms with E-state index in [0.717, 1.165) is 12.8 Å². The Kier molecular flexibility index (Phi) is 2.32. The van der Waals surface area contributed by atoms with E-state index < -0.39 is 0 Å². The molecule has 0 bridgehead atoms. The lowest BCUT2D eigenvalue weighted by molar-refractivity contribution is -0.144. The van der Waals surface area contributed by atoms with Gasteiger partial charge in [-0.1, -0.05) is 5.57 Å². The zero-order valence-electron chi connectivity index (χ0n) is 7.31. The summed E-state index contributed by atoms with van der Waals surface area (Å²) in [4.78, 5) is 10.6. The second kappa shape index (κ2) is 3.07. The fraction of sp³-hybridized carbons (Fsp3) is 0.667. The number of hydrogen-bond acceptors (Lipinski definition) is 2. The molecule has 0 aromatic heterocycles. The van der Waals surface area contributed by atoms with Crippen LogP contribution in [0.15, 0.2) is 11.1 Å². The van der Waals surface area contributed by atoms with Gasteiger partial charge < -0.3 is 4.74 Å². The zero-order chi connectivity index (χ0) is 8.43. The molecule has 0 radical (unpaired) electrons. The molecule has 1 atom stereocenters. The Morgan fingerprint density at radius 1 is 1.55 bits per heavy atom. The van der Waals surface area contributed by atoms with Gasteiger partial charge in [0.05, 0.1) is 0 Å². The second-order valence-electron chi connectivity index (χ2n) is 3.10. The summed E-state index contributed by atoms with van der Waals surface area (Å²) in [5.74, 6) is -0.177. The van der Waals surface area contributed by atoms with Crippen LogP contribution in [0.4, 0.5) is 0 Å². The summed E-state index contributed by atoms with van der Waals surface area (Å²) in [5.41, 5.74) is 2.61. The normalized spacial score (nSPS) is 24.1. The van der Waals surface area contributed by atoms with E-state index in [-0.39, 0.29) is 12.1 Å². The highest BCUT2D eigenvalue weighted by Gasteiger charge is 2.21. The molecule has 0 aromatic carbocycles. The smallest absolute Gasteiger partial charge is 0.303 e. The van der Waals surface area contributed by atoms with Gasteiger partial charge in [-0.3, -0.25) is 4.79 Å². The van der Waals surface area contributed by atoms with Gasteiger partial charge in [-0.2, -0.15) is 0 Å². The van der Waals surface area contributed by atoms with Gasteiger partial charge >= 0.3 is 5.97 Å². The van der Waals surface area contributed by atoms with Crippen molar-refractivity contribution >= 4 is 5.97 Å². The molecule has 0 N–H and O–H groups in total. The lowest BCUT2D eigenvalue weighted by Gasteiger charge is -2.11. The molecule has 0 saturated carbocycles. The Bertz CT molecular complexity index is 204. The lowest BCUT2D eigenvalue weighted by Crippen LogP contribution is -2.13. The minimum Gasteiger partial charge on any atom is -0.458 e. The number of carbonyl (C=O) groups is 1. The van der Waals surface area contributed by atoms with Crippen LogP contribution in [-0.2, 0) is 9.53 Å². The molecule has 0 aromatic rings. The zero-order valence-corrected chi connectivity index (χ0v) is 7.31. The molecule has 2 nitrogen and oxygen atoms in total. The summed E-state index contributed by atoms with van der Waals surface area (Å²) in [6.45, 7) is 5.59. The summed E-state index contributed by atoms with van der Waals surface area (Å²) >= 11 is 0. The van der Waals surface area contributed by atoms with Crippen molar-refractivity contribution in [2.24, 2.45) is 0 Å². The van der Waals surface area contributed by atoms with Gasteiger partial charge in [-0.05, 0) is 32.3 Å². The van der Waals surface area contributed by atoms with Crippen molar-refractivity contribution in [3.63, 3.8) is 0 Å². The molecule has 0 aliphatic heterocycles. The fourth-order valence-electron chi connectivity index (χ4n) is 1.38. The standard InChI is InChI=1S/C9H14O2/c1-6-4-5-9(7(6)2)11-8(3)10/h9H,4-5H2,1-3H3/t9-/m0/s1. The maximum Gasteiger partial charge on any atom is 0.303 e. The molecular formula is C9H14O2. The van der Waals surface area contributed by atoms with E-state index in [0.29, 0.717) is 0 Å². The molecule has 0 amide bonds. The molecule has 1 aliphatic carbocycles. The summed E-state index contributed by atoms with van der Waals surface area (Å²) in [6.07, 6.45) is 2.11. The van der Waals surface area contributed by atoms with Crippen LogP contribution in [0.3, 0.4) is 0 Å². The Morgan fingerprint density at radius 3 is 2.55 bits per heavy atom. The highest BCUT2D eigenvalue weighted by Crippen LogP contribution is 2.27. The first-order chi connectivity index (χ1) is 5.11. The van der Waals surface area contributed by atoms with E-state index in [4.69, 9.17) is 4.74 Å². The van der Waals surface area contributed by atoms with Gasteiger partial charge in [0.2, 0.25) is 0 Å². The average Bonchev–Trinajstić information content (AvgIpc) is 2.18. The largest absolute Gasteiger partial charge is 0.458 e. The molecule has 0 fully saturated rings. The molecule has 1 rings (SSSR count). The van der Waals surface area contributed by atoms with Crippen LogP contribution in [-0.4, -0.2) is 12.1 Å². The monoisotopic (exact) mass is 154 g/mol. The Morgan fingerprint density at radius 2 is 2.18 bits per heavy atom. The highest BCUT2D eigenvalue weighted by molar-refractivity contribution is 5.66. The van der Waals surface area contributed by atoms with Gasteiger partial charge in [0, 0.05) is 6.92 Å². The topological polar surface area (TPSA) is 26.3 Å². The number of esters is 1. The summed E-state index contributed by atoms with van der Waals surface area (Å²) < 4.78 is 5.10. The van der Waals surface area contributed by atoms with Crippen molar-refractivity contribution in [1.82, 2.24) is 0 Å².